The summed E-state index contributed by atoms with van der Waals surface area (Å²) in [6, 6.07) is 15.7. The molecule has 1 saturated heterocycles. The van der Waals surface area contributed by atoms with Crippen LogP contribution in [0.5, 0.6) is 5.75 Å². The van der Waals surface area contributed by atoms with Crippen molar-refractivity contribution < 1.29 is 33.5 Å². The van der Waals surface area contributed by atoms with Crippen molar-refractivity contribution in [3.05, 3.63) is 65.7 Å². The van der Waals surface area contributed by atoms with Gasteiger partial charge in [0.15, 0.2) is 0 Å². The molecule has 10 nitrogen and oxygen atoms in total. The molecule has 3 amide bonds. The maximum atomic E-state index is 13.9. The fourth-order valence-electron chi connectivity index (χ4n) is 6.25. The van der Waals surface area contributed by atoms with Gasteiger partial charge in [-0.25, -0.2) is 9.86 Å². The highest BCUT2D eigenvalue weighted by atomic mass is 16.7. The van der Waals surface area contributed by atoms with Gasteiger partial charge in [-0.2, -0.15) is 0 Å². The number of ether oxygens (including phenoxy) is 2. The van der Waals surface area contributed by atoms with Crippen LogP contribution in [0.15, 0.2) is 54.6 Å². The van der Waals surface area contributed by atoms with Gasteiger partial charge in [0.2, 0.25) is 18.2 Å². The average Bonchev–Trinajstić information content (AvgIpc) is 3.58. The number of hydroxylamine groups is 2. The lowest BCUT2D eigenvalue weighted by Crippen LogP contribution is -2.58. The number of carbonyl (C=O) groups excluding carboxylic acids is 4. The second-order valence-corrected chi connectivity index (χ2v) is 13.5. The molecular weight excluding hydrogens is 586 g/mol. The minimum Gasteiger partial charge on any atom is -0.490 e. The number of hydrogen-bond donors (Lipinski definition) is 1. The molecule has 1 N–H and O–H groups in total. The van der Waals surface area contributed by atoms with Crippen LogP contribution < -0.4 is 10.1 Å². The highest BCUT2D eigenvalue weighted by Crippen LogP contribution is 2.32. The van der Waals surface area contributed by atoms with E-state index in [1.54, 1.807) is 24.3 Å². The topological polar surface area (TPSA) is 114 Å². The third-order valence-electron chi connectivity index (χ3n) is 8.95. The maximum Gasteiger partial charge on any atom is 0.337 e. The summed E-state index contributed by atoms with van der Waals surface area (Å²) in [5, 5.41) is 4.32. The van der Waals surface area contributed by atoms with Gasteiger partial charge < -0.3 is 19.7 Å². The normalized spacial score (nSPS) is 17.2. The number of rotatable bonds is 14. The molecule has 0 aromatic heterocycles. The lowest BCUT2D eigenvalue weighted by atomic mass is 9.84. The zero-order chi connectivity index (χ0) is 33.1. The summed E-state index contributed by atoms with van der Waals surface area (Å²) in [4.78, 5) is 59.1. The van der Waals surface area contributed by atoms with Crippen molar-refractivity contribution in [3.8, 4) is 5.75 Å². The Hall–Kier alpha value is -3.92. The van der Waals surface area contributed by atoms with Gasteiger partial charge in [-0.1, -0.05) is 76.8 Å². The molecule has 1 saturated carbocycles. The molecule has 0 bridgehead atoms. The quantitative estimate of drug-likeness (QED) is 0.173. The first kappa shape index (κ1) is 34.9. The summed E-state index contributed by atoms with van der Waals surface area (Å²) in [6.07, 6.45) is 6.89. The third-order valence-corrected chi connectivity index (χ3v) is 8.95. The largest absolute Gasteiger partial charge is 0.490 e. The van der Waals surface area contributed by atoms with E-state index in [9.17, 15) is 19.2 Å². The molecule has 2 aliphatic rings. The van der Waals surface area contributed by atoms with Crippen molar-refractivity contribution in [1.82, 2.24) is 15.3 Å². The zero-order valence-electron chi connectivity index (χ0n) is 27.6. The first-order chi connectivity index (χ1) is 22.1. The van der Waals surface area contributed by atoms with Crippen LogP contribution in [0.2, 0.25) is 0 Å². The molecule has 10 heteroatoms. The first-order valence-electron chi connectivity index (χ1n) is 16.4. The van der Waals surface area contributed by atoms with Gasteiger partial charge in [0, 0.05) is 25.9 Å². The molecule has 250 valence electrons. The van der Waals surface area contributed by atoms with Crippen LogP contribution in [0.3, 0.4) is 0 Å². The van der Waals surface area contributed by atoms with Crippen LogP contribution in [0, 0.1) is 17.3 Å². The molecule has 2 aromatic carbocycles. The summed E-state index contributed by atoms with van der Waals surface area (Å²) in [6.45, 7) is 7.21. The summed E-state index contributed by atoms with van der Waals surface area (Å²) in [7, 11) is 1.34. The number of hydrogen-bond acceptors (Lipinski definition) is 7. The van der Waals surface area contributed by atoms with Crippen molar-refractivity contribution in [2.24, 2.45) is 17.3 Å². The molecule has 2 atom stereocenters. The van der Waals surface area contributed by atoms with Gasteiger partial charge in [-0.05, 0) is 47.6 Å². The number of esters is 1. The van der Waals surface area contributed by atoms with Crippen molar-refractivity contribution in [3.63, 3.8) is 0 Å². The smallest absolute Gasteiger partial charge is 0.337 e. The molecule has 1 heterocycles. The monoisotopic (exact) mass is 635 g/mol. The van der Waals surface area contributed by atoms with Crippen LogP contribution in [-0.2, 0) is 30.6 Å². The van der Waals surface area contributed by atoms with Crippen LogP contribution in [0.25, 0.3) is 0 Å². The maximum absolute atomic E-state index is 13.9. The summed E-state index contributed by atoms with van der Waals surface area (Å²) in [5.41, 5.74) is 0.845. The predicted octanol–water partition coefficient (Wildman–Crippen LogP) is 5.16. The highest BCUT2D eigenvalue weighted by molar-refractivity contribution is 5.90. The molecule has 46 heavy (non-hydrogen) atoms. The van der Waals surface area contributed by atoms with E-state index in [0.717, 1.165) is 31.2 Å². The van der Waals surface area contributed by atoms with Gasteiger partial charge in [0.1, 0.15) is 24.5 Å². The molecule has 1 unspecified atom stereocenters. The number of likely N-dealkylation sites (tertiary alicyclic amines) is 1. The Morgan fingerprint density at radius 1 is 0.978 bits per heavy atom. The molecule has 1 aliphatic heterocycles. The standard InChI is InChI=1S/C36H49N3O7/c1-36(2,3)32(34(42)38-20-18-31(19-21-38)46-30-16-14-28(15-17-30)35(43)44-4)37-33(41)29(22-26-10-8-9-11-26)23-39(25-40)45-24-27-12-6-5-7-13-27/h5-7,12-17,25-26,29,31-32H,8-11,18-24H2,1-4H3,(H,37,41)/t29-,32?/m1/s1. The minimum atomic E-state index is -0.732. The second-order valence-electron chi connectivity index (χ2n) is 13.5. The molecule has 0 spiro atoms. The predicted molar refractivity (Wildman–Crippen MR) is 173 cm³/mol. The number of nitrogens with one attached hydrogen (secondary N) is 1. The molecule has 4 rings (SSSR count). The van der Waals surface area contributed by atoms with Crippen molar-refractivity contribution in [1.29, 1.82) is 0 Å². The number of benzene rings is 2. The van der Waals surface area contributed by atoms with Gasteiger partial charge in [-0.3, -0.25) is 19.2 Å². The van der Waals surface area contributed by atoms with Gasteiger partial charge >= 0.3 is 5.97 Å². The molecule has 0 radical (unpaired) electrons. The van der Waals surface area contributed by atoms with Crippen LogP contribution in [0.1, 0.15) is 81.6 Å². The van der Waals surface area contributed by atoms with E-state index in [4.69, 9.17) is 14.3 Å². The Bertz CT molecular complexity index is 1280. The van der Waals surface area contributed by atoms with Crippen molar-refractivity contribution in [2.75, 3.05) is 26.7 Å². The van der Waals surface area contributed by atoms with Gasteiger partial charge in [-0.15, -0.1) is 0 Å². The number of piperidine rings is 1. The Morgan fingerprint density at radius 2 is 1.63 bits per heavy atom. The fourth-order valence-corrected chi connectivity index (χ4v) is 6.25. The molecule has 1 aliphatic carbocycles. The Balaban J connectivity index is 1.37. The second kappa shape index (κ2) is 16.6. The van der Waals surface area contributed by atoms with E-state index in [1.165, 1.54) is 12.2 Å². The molecule has 2 fully saturated rings. The number of carbonyl (C=O) groups is 4. The number of methoxy groups -OCH3 is 1. The Labute approximate surface area is 272 Å². The minimum absolute atomic E-state index is 0.0725. The van der Waals surface area contributed by atoms with E-state index in [0.29, 0.717) is 56.0 Å². The van der Waals surface area contributed by atoms with E-state index < -0.39 is 23.3 Å². The summed E-state index contributed by atoms with van der Waals surface area (Å²) in [5.74, 6) is -0.203. The first-order valence-corrected chi connectivity index (χ1v) is 16.4. The number of amides is 3. The van der Waals surface area contributed by atoms with Crippen molar-refractivity contribution >= 4 is 24.2 Å². The Kier molecular flexibility index (Phi) is 12.6. The summed E-state index contributed by atoms with van der Waals surface area (Å²) < 4.78 is 10.9. The highest BCUT2D eigenvalue weighted by Gasteiger charge is 2.39. The van der Waals surface area contributed by atoms with E-state index >= 15 is 0 Å². The lowest BCUT2D eigenvalue weighted by Gasteiger charge is -2.39. The SMILES string of the molecule is COC(=O)c1ccc(OC2CCN(C(=O)C(NC(=O)[C@H](CC3CCCC3)CN(C=O)OCc3ccccc3)C(C)(C)C)CC2)cc1. The fraction of sp³-hybridized carbons (Fsp3) is 0.556. The van der Waals surface area contributed by atoms with E-state index in [1.807, 2.05) is 56.0 Å². The Morgan fingerprint density at radius 3 is 2.22 bits per heavy atom. The van der Waals surface area contributed by atoms with Crippen LogP contribution in [-0.4, -0.2) is 73.0 Å². The third kappa shape index (κ3) is 10.0. The molecular formula is C36H49N3O7. The van der Waals surface area contributed by atoms with Gasteiger partial charge in [0.25, 0.3) is 0 Å². The average molecular weight is 636 g/mol. The lowest BCUT2D eigenvalue weighted by molar-refractivity contribution is -0.182. The zero-order valence-corrected chi connectivity index (χ0v) is 27.6. The van der Waals surface area contributed by atoms with Crippen LogP contribution in [0.4, 0.5) is 0 Å². The van der Waals surface area contributed by atoms with Crippen molar-refractivity contribution in [2.45, 2.75) is 84.5 Å². The van der Waals surface area contributed by atoms with Crippen LogP contribution >= 0.6 is 0 Å². The number of nitrogens with zero attached hydrogens (tertiary/aromatic N) is 2. The summed E-state index contributed by atoms with van der Waals surface area (Å²) >= 11 is 0. The molecule has 2 aromatic rings. The van der Waals surface area contributed by atoms with E-state index in [2.05, 4.69) is 5.32 Å². The van der Waals surface area contributed by atoms with Gasteiger partial charge in [0.05, 0.1) is 25.1 Å². The van der Waals surface area contributed by atoms with E-state index in [-0.39, 0.29) is 31.1 Å².